The van der Waals surface area contributed by atoms with E-state index in [1.54, 1.807) is 6.07 Å². The molecule has 2 N–H and O–H groups in total. The molecule has 1 aromatic rings. The van der Waals surface area contributed by atoms with Crippen molar-refractivity contribution in [1.29, 1.82) is 0 Å². The third-order valence-corrected chi connectivity index (χ3v) is 3.63. The Kier molecular flexibility index (Phi) is 6.04. The van der Waals surface area contributed by atoms with Gasteiger partial charge in [-0.1, -0.05) is 29.3 Å². The molecule has 2 nitrogen and oxygen atoms in total. The van der Waals surface area contributed by atoms with Crippen molar-refractivity contribution in [1.82, 2.24) is 4.90 Å². The molecule has 0 aromatic heterocycles. The van der Waals surface area contributed by atoms with Gasteiger partial charge in [0.15, 0.2) is 0 Å². The first kappa shape index (κ1) is 15.1. The summed E-state index contributed by atoms with van der Waals surface area (Å²) in [6.45, 7) is 3.00. The van der Waals surface area contributed by atoms with Gasteiger partial charge in [0.05, 0.1) is 0 Å². The molecule has 1 aromatic carbocycles. The van der Waals surface area contributed by atoms with Gasteiger partial charge in [-0.25, -0.2) is 0 Å². The maximum atomic E-state index is 6.14. The molecule has 0 radical (unpaired) electrons. The fourth-order valence-corrected chi connectivity index (χ4v) is 2.47. The Morgan fingerprint density at radius 1 is 1.24 bits per heavy atom. The highest BCUT2D eigenvalue weighted by Crippen LogP contribution is 2.23. The van der Waals surface area contributed by atoms with Crippen LogP contribution in [0.5, 0.6) is 0 Å². The molecular formula is C12H17Cl3N2. The molecule has 0 amide bonds. The Hall–Kier alpha value is 0.01000. The largest absolute Gasteiger partial charge is 0.328 e. The summed E-state index contributed by atoms with van der Waals surface area (Å²) >= 11 is 12.0. The van der Waals surface area contributed by atoms with Crippen molar-refractivity contribution in [3.05, 3.63) is 33.8 Å². The Bertz CT molecular complexity index is 363. The second kappa shape index (κ2) is 6.81. The summed E-state index contributed by atoms with van der Waals surface area (Å²) in [5.74, 6) is 0. The highest BCUT2D eigenvalue weighted by atomic mass is 35.5. The summed E-state index contributed by atoms with van der Waals surface area (Å²) in [5, 5.41) is 1.44. The van der Waals surface area contributed by atoms with Crippen molar-refractivity contribution in [2.45, 2.75) is 25.4 Å². The fraction of sp³-hybridized carbons (Fsp3) is 0.500. The minimum absolute atomic E-state index is 0. The highest BCUT2D eigenvalue weighted by Gasteiger charge is 2.16. The maximum absolute atomic E-state index is 6.14. The van der Waals surface area contributed by atoms with Crippen LogP contribution in [0.4, 0.5) is 0 Å². The number of benzene rings is 1. The predicted octanol–water partition coefficient (Wildman–Crippen LogP) is 3.34. The third-order valence-electron chi connectivity index (χ3n) is 3.04. The average molecular weight is 296 g/mol. The van der Waals surface area contributed by atoms with Gasteiger partial charge in [0.2, 0.25) is 0 Å². The number of nitrogens with two attached hydrogens (primary N) is 1. The minimum Gasteiger partial charge on any atom is -0.328 e. The lowest BCUT2D eigenvalue weighted by atomic mass is 10.1. The first-order valence-corrected chi connectivity index (χ1v) is 6.32. The zero-order valence-corrected chi connectivity index (χ0v) is 11.9. The number of halogens is 3. The molecule has 1 aliphatic heterocycles. The SMILES string of the molecule is Cl.NC1CCN(Cc2ccc(Cl)cc2Cl)CC1. The van der Waals surface area contributed by atoms with Crippen LogP contribution in [0.2, 0.25) is 10.0 Å². The summed E-state index contributed by atoms with van der Waals surface area (Å²) in [5.41, 5.74) is 7.01. The van der Waals surface area contributed by atoms with Crippen LogP contribution in [0.1, 0.15) is 18.4 Å². The number of hydrogen-bond donors (Lipinski definition) is 1. The van der Waals surface area contributed by atoms with Gasteiger partial charge < -0.3 is 5.73 Å². The van der Waals surface area contributed by atoms with Gasteiger partial charge in [-0.3, -0.25) is 4.90 Å². The van der Waals surface area contributed by atoms with Gasteiger partial charge in [0.25, 0.3) is 0 Å². The monoisotopic (exact) mass is 294 g/mol. The van der Waals surface area contributed by atoms with Crippen molar-refractivity contribution >= 4 is 35.6 Å². The van der Waals surface area contributed by atoms with Crippen LogP contribution < -0.4 is 5.73 Å². The van der Waals surface area contributed by atoms with Crippen LogP contribution in [-0.2, 0) is 6.54 Å². The summed E-state index contributed by atoms with van der Waals surface area (Å²) in [4.78, 5) is 2.39. The van der Waals surface area contributed by atoms with E-state index in [2.05, 4.69) is 4.90 Å². The Morgan fingerprint density at radius 2 is 1.88 bits per heavy atom. The molecule has 0 unspecified atom stereocenters. The topological polar surface area (TPSA) is 29.3 Å². The van der Waals surface area contributed by atoms with Gasteiger partial charge in [-0.15, -0.1) is 12.4 Å². The molecule has 0 bridgehead atoms. The minimum atomic E-state index is 0. The fourth-order valence-electron chi connectivity index (χ4n) is 2.00. The second-order valence-corrected chi connectivity index (χ2v) is 5.19. The molecule has 1 saturated heterocycles. The van der Waals surface area contributed by atoms with Gasteiger partial charge >= 0.3 is 0 Å². The van der Waals surface area contributed by atoms with Gasteiger partial charge in [0, 0.05) is 22.6 Å². The molecule has 0 aliphatic carbocycles. The van der Waals surface area contributed by atoms with E-state index >= 15 is 0 Å². The number of nitrogens with zero attached hydrogens (tertiary/aromatic N) is 1. The molecule has 17 heavy (non-hydrogen) atoms. The first-order chi connectivity index (χ1) is 7.65. The van der Waals surface area contributed by atoms with Gasteiger partial charge in [-0.2, -0.15) is 0 Å². The third kappa shape index (κ3) is 4.31. The lowest BCUT2D eigenvalue weighted by Gasteiger charge is -2.30. The lowest BCUT2D eigenvalue weighted by molar-refractivity contribution is 0.205. The predicted molar refractivity (Wildman–Crippen MR) is 76.2 cm³/mol. The summed E-state index contributed by atoms with van der Waals surface area (Å²) < 4.78 is 0. The molecule has 2 rings (SSSR count). The van der Waals surface area contributed by atoms with E-state index in [0.717, 1.165) is 43.1 Å². The second-order valence-electron chi connectivity index (χ2n) is 4.35. The maximum Gasteiger partial charge on any atom is 0.0465 e. The summed E-state index contributed by atoms with van der Waals surface area (Å²) in [7, 11) is 0. The van der Waals surface area contributed by atoms with Gasteiger partial charge in [-0.05, 0) is 43.6 Å². The molecule has 1 heterocycles. The van der Waals surface area contributed by atoms with Crippen molar-refractivity contribution in [2.75, 3.05) is 13.1 Å². The lowest BCUT2D eigenvalue weighted by Crippen LogP contribution is -2.39. The normalized spacial score (nSPS) is 17.8. The van der Waals surface area contributed by atoms with Crippen molar-refractivity contribution in [3.63, 3.8) is 0 Å². The Balaban J connectivity index is 0.00000144. The Morgan fingerprint density at radius 3 is 2.47 bits per heavy atom. The molecule has 1 fully saturated rings. The molecule has 96 valence electrons. The number of likely N-dealkylation sites (tertiary alicyclic amines) is 1. The molecular weight excluding hydrogens is 279 g/mol. The smallest absolute Gasteiger partial charge is 0.0465 e. The van der Waals surface area contributed by atoms with Crippen LogP contribution in [0, 0.1) is 0 Å². The van der Waals surface area contributed by atoms with Gasteiger partial charge in [0.1, 0.15) is 0 Å². The molecule has 1 aliphatic rings. The average Bonchev–Trinajstić information content (AvgIpc) is 2.25. The standard InChI is InChI=1S/C12H16Cl2N2.ClH/c13-10-2-1-9(12(14)7-10)8-16-5-3-11(15)4-6-16;/h1-2,7,11H,3-6,8,15H2;1H. The number of rotatable bonds is 2. The van der Waals surface area contributed by atoms with E-state index in [1.807, 2.05) is 12.1 Å². The quantitative estimate of drug-likeness (QED) is 0.907. The zero-order chi connectivity index (χ0) is 11.5. The van der Waals surface area contributed by atoms with Crippen LogP contribution in [0.3, 0.4) is 0 Å². The van der Waals surface area contributed by atoms with E-state index in [1.165, 1.54) is 0 Å². The van der Waals surface area contributed by atoms with Crippen molar-refractivity contribution in [3.8, 4) is 0 Å². The zero-order valence-electron chi connectivity index (χ0n) is 9.53. The summed E-state index contributed by atoms with van der Waals surface area (Å²) in [6, 6.07) is 6.06. The van der Waals surface area contributed by atoms with E-state index in [9.17, 15) is 0 Å². The first-order valence-electron chi connectivity index (χ1n) is 5.57. The van der Waals surface area contributed by atoms with Crippen LogP contribution in [0.15, 0.2) is 18.2 Å². The number of hydrogen-bond acceptors (Lipinski definition) is 2. The van der Waals surface area contributed by atoms with Crippen LogP contribution in [-0.4, -0.2) is 24.0 Å². The Labute approximate surface area is 118 Å². The van der Waals surface area contributed by atoms with Crippen LogP contribution >= 0.6 is 35.6 Å². The molecule has 0 saturated carbocycles. The van der Waals surface area contributed by atoms with Crippen LogP contribution in [0.25, 0.3) is 0 Å². The molecule has 0 atom stereocenters. The van der Waals surface area contributed by atoms with E-state index < -0.39 is 0 Å². The number of piperidine rings is 1. The van der Waals surface area contributed by atoms with Crippen molar-refractivity contribution < 1.29 is 0 Å². The highest BCUT2D eigenvalue weighted by molar-refractivity contribution is 6.35. The van der Waals surface area contributed by atoms with Crippen molar-refractivity contribution in [2.24, 2.45) is 5.73 Å². The van der Waals surface area contributed by atoms with E-state index in [0.29, 0.717) is 11.1 Å². The molecule has 0 spiro atoms. The summed E-state index contributed by atoms with van der Waals surface area (Å²) in [6.07, 6.45) is 2.15. The van der Waals surface area contributed by atoms with E-state index in [-0.39, 0.29) is 12.4 Å². The van der Waals surface area contributed by atoms with E-state index in [4.69, 9.17) is 28.9 Å². The molecule has 5 heteroatoms.